The number of hydrogen-bond donors (Lipinski definition) is 2. The van der Waals surface area contributed by atoms with Crippen LogP contribution in [-0.4, -0.2) is 37.0 Å². The third kappa shape index (κ3) is 7.17. The zero-order chi connectivity index (χ0) is 25.6. The number of anilines is 1. The van der Waals surface area contributed by atoms with E-state index in [1.807, 2.05) is 12.1 Å². The van der Waals surface area contributed by atoms with E-state index in [4.69, 9.17) is 11.6 Å². The lowest BCUT2D eigenvalue weighted by Crippen LogP contribution is -2.34. The third-order valence-electron chi connectivity index (χ3n) is 7.66. The van der Waals surface area contributed by atoms with Crippen molar-refractivity contribution < 1.29 is 4.79 Å². The molecule has 0 bridgehead atoms. The lowest BCUT2D eigenvalue weighted by atomic mass is 9.86. The second-order valence-corrected chi connectivity index (χ2v) is 11.9. The van der Waals surface area contributed by atoms with Gasteiger partial charge in [-0.2, -0.15) is 0 Å². The highest BCUT2D eigenvalue weighted by Crippen LogP contribution is 2.33. The maximum atomic E-state index is 12.7. The number of amides is 1. The molecule has 0 spiro atoms. The molecule has 0 unspecified atom stereocenters. The fourth-order valence-electron chi connectivity index (χ4n) is 5.45. The quantitative estimate of drug-likeness (QED) is 0.339. The number of nitrogens with one attached hydrogen (secondary N) is 2. The number of nitrogens with zero attached hydrogens (tertiary/aromatic N) is 1. The highest BCUT2D eigenvalue weighted by Gasteiger charge is 2.24. The van der Waals surface area contributed by atoms with Crippen molar-refractivity contribution in [2.75, 3.05) is 31.5 Å². The minimum Gasteiger partial charge on any atom is -0.326 e. The molecule has 2 heterocycles. The van der Waals surface area contributed by atoms with Crippen LogP contribution in [0.3, 0.4) is 0 Å². The zero-order valence-electron chi connectivity index (χ0n) is 21.5. The summed E-state index contributed by atoms with van der Waals surface area (Å²) in [4.78, 5) is 17.7. The van der Waals surface area contributed by atoms with Gasteiger partial charge in [0.05, 0.1) is 0 Å². The summed E-state index contributed by atoms with van der Waals surface area (Å²) in [5, 5.41) is 7.30. The third-order valence-corrected chi connectivity index (χ3v) is 8.93. The van der Waals surface area contributed by atoms with E-state index in [0.717, 1.165) is 69.1 Å². The topological polar surface area (TPSA) is 44.4 Å². The first-order chi connectivity index (χ1) is 18.0. The number of carbonyl (C=O) groups is 1. The van der Waals surface area contributed by atoms with Crippen molar-refractivity contribution in [3.05, 3.63) is 88.4 Å². The van der Waals surface area contributed by atoms with Crippen molar-refractivity contribution >= 4 is 35.0 Å². The molecular formula is C31H36ClN3OS. The summed E-state index contributed by atoms with van der Waals surface area (Å²) in [6.45, 7) is 7.24. The molecule has 37 heavy (non-hydrogen) atoms. The van der Waals surface area contributed by atoms with Crippen LogP contribution in [0, 0.1) is 12.8 Å². The zero-order valence-corrected chi connectivity index (χ0v) is 23.1. The first-order valence-electron chi connectivity index (χ1n) is 13.4. The summed E-state index contributed by atoms with van der Waals surface area (Å²) in [6.07, 6.45) is 4.15. The molecule has 5 rings (SSSR count). The molecule has 2 N–H and O–H groups in total. The monoisotopic (exact) mass is 533 g/mol. The Bertz CT molecular complexity index is 1180. The van der Waals surface area contributed by atoms with Crippen molar-refractivity contribution in [2.45, 2.75) is 54.9 Å². The van der Waals surface area contributed by atoms with E-state index >= 15 is 0 Å². The highest BCUT2D eigenvalue weighted by atomic mass is 35.5. The van der Waals surface area contributed by atoms with Crippen LogP contribution in [0.15, 0.2) is 76.5 Å². The summed E-state index contributed by atoms with van der Waals surface area (Å²) >= 11 is 7.76. The maximum absolute atomic E-state index is 12.7. The number of rotatable bonds is 7. The van der Waals surface area contributed by atoms with Gasteiger partial charge in [0.15, 0.2) is 0 Å². The number of halogens is 1. The van der Waals surface area contributed by atoms with E-state index in [1.54, 1.807) is 11.8 Å². The van der Waals surface area contributed by atoms with Crippen molar-refractivity contribution in [3.8, 4) is 0 Å². The van der Waals surface area contributed by atoms with Crippen LogP contribution in [0.2, 0.25) is 5.02 Å². The molecule has 2 fully saturated rings. The van der Waals surface area contributed by atoms with Crippen molar-refractivity contribution in [2.24, 2.45) is 5.92 Å². The Balaban J connectivity index is 1.13. The molecular weight excluding hydrogens is 498 g/mol. The molecule has 0 saturated carbocycles. The average molecular weight is 534 g/mol. The van der Waals surface area contributed by atoms with Gasteiger partial charge in [-0.25, -0.2) is 0 Å². The second kappa shape index (κ2) is 12.5. The average Bonchev–Trinajstić information content (AvgIpc) is 2.93. The molecule has 6 heteroatoms. The van der Waals surface area contributed by atoms with Crippen LogP contribution >= 0.6 is 23.4 Å². The van der Waals surface area contributed by atoms with Gasteiger partial charge in [-0.1, -0.05) is 41.6 Å². The summed E-state index contributed by atoms with van der Waals surface area (Å²) in [7, 11) is 0. The van der Waals surface area contributed by atoms with E-state index in [1.165, 1.54) is 26.5 Å². The van der Waals surface area contributed by atoms with Crippen LogP contribution in [0.1, 0.15) is 48.3 Å². The fraction of sp³-hybridized carbons (Fsp3) is 0.387. The minimum atomic E-state index is 0.124. The Hall–Kier alpha value is -2.31. The van der Waals surface area contributed by atoms with Gasteiger partial charge in [0.1, 0.15) is 0 Å². The molecule has 3 aromatic carbocycles. The van der Waals surface area contributed by atoms with Crippen molar-refractivity contribution in [1.82, 2.24) is 10.2 Å². The molecule has 0 radical (unpaired) electrons. The van der Waals surface area contributed by atoms with E-state index in [0.29, 0.717) is 5.92 Å². The molecule has 2 aliphatic rings. The van der Waals surface area contributed by atoms with Gasteiger partial charge in [0.25, 0.3) is 0 Å². The van der Waals surface area contributed by atoms with Gasteiger partial charge in [-0.3, -0.25) is 9.69 Å². The molecule has 1 amide bonds. The number of likely N-dealkylation sites (tertiary alicyclic amines) is 1. The number of carbonyl (C=O) groups excluding carboxylic acids is 1. The SMILES string of the molecule is Cc1ccc(NC(=O)C2CCNCC2)cc1C1CCN(Cc2ccc(Sc3ccc(Cl)cc3)cc2)CC1. The van der Waals surface area contributed by atoms with Gasteiger partial charge >= 0.3 is 0 Å². The number of aryl methyl sites for hydroxylation is 1. The van der Waals surface area contributed by atoms with E-state index in [9.17, 15) is 4.79 Å². The Labute approximate surface area is 230 Å². The first-order valence-corrected chi connectivity index (χ1v) is 14.6. The van der Waals surface area contributed by atoms with Crippen molar-refractivity contribution in [1.29, 1.82) is 0 Å². The summed E-state index contributed by atoms with van der Waals surface area (Å²) in [5.74, 6) is 0.841. The molecule has 3 aromatic rings. The molecule has 4 nitrogen and oxygen atoms in total. The Morgan fingerprint density at radius 1 is 0.946 bits per heavy atom. The molecule has 2 saturated heterocycles. The fourth-order valence-corrected chi connectivity index (χ4v) is 6.39. The van der Waals surface area contributed by atoms with Gasteiger partial charge in [0.2, 0.25) is 5.91 Å². The predicted molar refractivity (Wildman–Crippen MR) is 155 cm³/mol. The first kappa shape index (κ1) is 26.3. The smallest absolute Gasteiger partial charge is 0.227 e. The number of hydrogen-bond acceptors (Lipinski definition) is 4. The van der Waals surface area contributed by atoms with Crippen LogP contribution < -0.4 is 10.6 Å². The van der Waals surface area contributed by atoms with Gasteiger partial charge in [0, 0.05) is 33.0 Å². The van der Waals surface area contributed by atoms with E-state index in [-0.39, 0.29) is 11.8 Å². The Morgan fingerprint density at radius 3 is 2.27 bits per heavy atom. The van der Waals surface area contributed by atoms with Crippen LogP contribution in [0.4, 0.5) is 5.69 Å². The lowest BCUT2D eigenvalue weighted by Gasteiger charge is -2.33. The predicted octanol–water partition coefficient (Wildman–Crippen LogP) is 7.12. The van der Waals surface area contributed by atoms with Crippen LogP contribution in [0.5, 0.6) is 0 Å². The van der Waals surface area contributed by atoms with Crippen LogP contribution in [0.25, 0.3) is 0 Å². The molecule has 0 atom stereocenters. The standard InChI is InChI=1S/C31H36ClN3OS/c1-22-2-7-27(34-31(36)25-12-16-33-17-13-25)20-30(22)24-14-18-35(19-15-24)21-23-3-8-28(9-4-23)37-29-10-5-26(32)6-11-29/h2-11,20,24-25,33H,12-19,21H2,1H3,(H,34,36). The largest absolute Gasteiger partial charge is 0.326 e. The number of benzene rings is 3. The molecule has 194 valence electrons. The Morgan fingerprint density at radius 2 is 1.59 bits per heavy atom. The lowest BCUT2D eigenvalue weighted by molar-refractivity contribution is -0.120. The Kier molecular flexibility index (Phi) is 8.88. The highest BCUT2D eigenvalue weighted by molar-refractivity contribution is 7.99. The molecule has 0 aliphatic carbocycles. The minimum absolute atomic E-state index is 0.124. The van der Waals surface area contributed by atoms with Gasteiger partial charge in [-0.15, -0.1) is 0 Å². The molecule has 0 aromatic heterocycles. The van der Waals surface area contributed by atoms with Gasteiger partial charge in [-0.05, 0) is 130 Å². The normalized spacial score (nSPS) is 17.6. The van der Waals surface area contributed by atoms with Crippen molar-refractivity contribution in [3.63, 3.8) is 0 Å². The summed E-state index contributed by atoms with van der Waals surface area (Å²) in [5.41, 5.74) is 5.03. The van der Waals surface area contributed by atoms with Crippen LogP contribution in [-0.2, 0) is 11.3 Å². The maximum Gasteiger partial charge on any atom is 0.227 e. The number of piperidine rings is 2. The second-order valence-electron chi connectivity index (χ2n) is 10.3. The van der Waals surface area contributed by atoms with Gasteiger partial charge < -0.3 is 10.6 Å². The van der Waals surface area contributed by atoms with E-state index in [2.05, 4.69) is 77.1 Å². The summed E-state index contributed by atoms with van der Waals surface area (Å²) < 4.78 is 0. The molecule has 2 aliphatic heterocycles. The summed E-state index contributed by atoms with van der Waals surface area (Å²) in [6, 6.07) is 23.4. The van der Waals surface area contributed by atoms with E-state index < -0.39 is 0 Å².